The summed E-state index contributed by atoms with van der Waals surface area (Å²) in [5, 5.41) is 1.16. The van der Waals surface area contributed by atoms with Crippen LogP contribution in [0.4, 0.5) is 9.18 Å². The number of urea groups is 1. The summed E-state index contributed by atoms with van der Waals surface area (Å²) < 4.78 is 13.8. The Morgan fingerprint density at radius 3 is 3.00 bits per heavy atom. The van der Waals surface area contributed by atoms with Crippen LogP contribution in [0.3, 0.4) is 0 Å². The van der Waals surface area contributed by atoms with Crippen LogP contribution >= 0.6 is 23.4 Å². The summed E-state index contributed by atoms with van der Waals surface area (Å²) in [4.78, 5) is 19.6. The number of fused-ring (bicyclic) bond motifs is 1. The standard InChI is InChI=1S/C15H14ClFN2OS/c16-11-5-3-6-12(17)10(11)8-21-14-9-4-1-2-7-13(9)18-15(20)19-14/h3,5-6,9H,1-2,4,7-8H2. The number of thioether (sulfide) groups is 1. The van der Waals surface area contributed by atoms with Crippen molar-refractivity contribution in [1.29, 1.82) is 0 Å². The predicted molar refractivity (Wildman–Crippen MR) is 84.9 cm³/mol. The van der Waals surface area contributed by atoms with Gasteiger partial charge in [-0.1, -0.05) is 24.1 Å². The van der Waals surface area contributed by atoms with Crippen molar-refractivity contribution in [2.75, 3.05) is 0 Å². The Labute approximate surface area is 131 Å². The molecule has 1 saturated carbocycles. The fourth-order valence-electron chi connectivity index (χ4n) is 2.66. The zero-order valence-electron chi connectivity index (χ0n) is 11.3. The lowest BCUT2D eigenvalue weighted by Gasteiger charge is -2.27. The highest BCUT2D eigenvalue weighted by Crippen LogP contribution is 2.33. The van der Waals surface area contributed by atoms with E-state index in [1.807, 2.05) is 0 Å². The number of hydrogen-bond acceptors (Lipinski definition) is 2. The molecule has 110 valence electrons. The summed E-state index contributed by atoms with van der Waals surface area (Å²) in [7, 11) is 0. The van der Waals surface area contributed by atoms with Gasteiger partial charge < -0.3 is 0 Å². The second kappa shape index (κ2) is 6.28. The monoisotopic (exact) mass is 324 g/mol. The van der Waals surface area contributed by atoms with Gasteiger partial charge in [0.2, 0.25) is 0 Å². The Balaban J connectivity index is 1.77. The van der Waals surface area contributed by atoms with Gasteiger partial charge in [-0.05, 0) is 31.4 Å². The van der Waals surface area contributed by atoms with E-state index in [1.165, 1.54) is 17.8 Å². The highest BCUT2D eigenvalue weighted by Gasteiger charge is 2.30. The van der Waals surface area contributed by atoms with Crippen molar-refractivity contribution in [3.05, 3.63) is 34.6 Å². The van der Waals surface area contributed by atoms with Crippen molar-refractivity contribution < 1.29 is 9.18 Å². The molecule has 0 spiro atoms. The van der Waals surface area contributed by atoms with E-state index in [9.17, 15) is 9.18 Å². The smallest absolute Gasteiger partial charge is 0.244 e. The SMILES string of the molecule is O=C1N=C2CCCCC2C(SCc2c(F)cccc2Cl)=N1. The van der Waals surface area contributed by atoms with Crippen molar-refractivity contribution in [1.82, 2.24) is 0 Å². The summed E-state index contributed by atoms with van der Waals surface area (Å²) in [6.07, 6.45) is 4.00. The summed E-state index contributed by atoms with van der Waals surface area (Å²) >= 11 is 7.42. The number of carbonyl (C=O) groups excluding carboxylic acids is 1. The third-order valence-electron chi connectivity index (χ3n) is 3.75. The molecule has 2 amide bonds. The van der Waals surface area contributed by atoms with Crippen molar-refractivity contribution in [2.45, 2.75) is 31.4 Å². The zero-order chi connectivity index (χ0) is 14.8. The van der Waals surface area contributed by atoms with Crippen LogP contribution in [-0.2, 0) is 5.75 Å². The number of rotatable bonds is 2. The lowest BCUT2D eigenvalue weighted by atomic mass is 9.87. The highest BCUT2D eigenvalue weighted by atomic mass is 35.5. The van der Waals surface area contributed by atoms with Crippen molar-refractivity contribution in [3.8, 4) is 0 Å². The van der Waals surface area contributed by atoms with Gasteiger partial charge in [-0.2, -0.15) is 4.99 Å². The molecular weight excluding hydrogens is 311 g/mol. The quantitative estimate of drug-likeness (QED) is 0.778. The van der Waals surface area contributed by atoms with Gasteiger partial charge in [0, 0.05) is 28.0 Å². The lowest BCUT2D eigenvalue weighted by Crippen LogP contribution is -2.30. The van der Waals surface area contributed by atoms with E-state index in [1.54, 1.807) is 12.1 Å². The maximum absolute atomic E-state index is 13.8. The number of halogens is 2. The minimum atomic E-state index is -0.440. The summed E-state index contributed by atoms with van der Waals surface area (Å²) in [5.41, 5.74) is 1.39. The Bertz CT molecular complexity index is 624. The van der Waals surface area contributed by atoms with Gasteiger partial charge in [0.15, 0.2) is 0 Å². The van der Waals surface area contributed by atoms with Crippen molar-refractivity contribution >= 4 is 40.1 Å². The third kappa shape index (κ3) is 3.19. The first-order chi connectivity index (χ1) is 10.1. The molecular formula is C15H14ClFN2OS. The van der Waals surface area contributed by atoms with Crippen molar-refractivity contribution in [2.24, 2.45) is 15.9 Å². The maximum Gasteiger partial charge on any atom is 0.367 e. The van der Waals surface area contributed by atoms with Crippen LogP contribution in [0, 0.1) is 11.7 Å². The van der Waals surface area contributed by atoms with E-state index < -0.39 is 6.03 Å². The lowest BCUT2D eigenvalue weighted by molar-refractivity contribution is 0.256. The van der Waals surface area contributed by atoms with Gasteiger partial charge in [0.1, 0.15) is 5.82 Å². The molecule has 3 nitrogen and oxygen atoms in total. The van der Waals surface area contributed by atoms with E-state index in [2.05, 4.69) is 9.98 Å². The average molecular weight is 325 g/mol. The summed E-state index contributed by atoms with van der Waals surface area (Å²) in [5.74, 6) is 0.184. The number of benzene rings is 1. The van der Waals surface area contributed by atoms with E-state index in [4.69, 9.17) is 11.6 Å². The van der Waals surface area contributed by atoms with E-state index >= 15 is 0 Å². The second-order valence-electron chi connectivity index (χ2n) is 5.12. The number of nitrogens with zero attached hydrogens (tertiary/aromatic N) is 2. The first-order valence-corrected chi connectivity index (χ1v) is 8.27. The fourth-order valence-corrected chi connectivity index (χ4v) is 4.16. The largest absolute Gasteiger partial charge is 0.367 e. The van der Waals surface area contributed by atoms with Crippen LogP contribution < -0.4 is 0 Å². The molecule has 3 rings (SSSR count). The van der Waals surface area contributed by atoms with Crippen molar-refractivity contribution in [3.63, 3.8) is 0 Å². The molecule has 1 unspecified atom stereocenters. The average Bonchev–Trinajstić information content (AvgIpc) is 2.46. The second-order valence-corrected chi connectivity index (χ2v) is 6.53. The Morgan fingerprint density at radius 2 is 2.19 bits per heavy atom. The molecule has 1 aromatic rings. The first-order valence-electron chi connectivity index (χ1n) is 6.91. The van der Waals surface area contributed by atoms with Crippen LogP contribution in [-0.4, -0.2) is 16.8 Å². The molecule has 0 bridgehead atoms. The molecule has 0 aromatic heterocycles. The van der Waals surface area contributed by atoms with Crippen LogP contribution in [0.25, 0.3) is 0 Å². The Morgan fingerprint density at radius 1 is 1.33 bits per heavy atom. The molecule has 1 fully saturated rings. The van der Waals surface area contributed by atoms with Crippen LogP contribution in [0.2, 0.25) is 5.02 Å². The number of aliphatic imine (C=N–C) groups is 2. The number of hydrogen-bond donors (Lipinski definition) is 0. The number of amides is 2. The summed E-state index contributed by atoms with van der Waals surface area (Å²) in [6.45, 7) is 0. The molecule has 1 aliphatic carbocycles. The minimum absolute atomic E-state index is 0.131. The van der Waals surface area contributed by atoms with Gasteiger partial charge in [0.25, 0.3) is 0 Å². The van der Waals surface area contributed by atoms with Crippen LogP contribution in [0.15, 0.2) is 28.2 Å². The summed E-state index contributed by atoms with van der Waals surface area (Å²) in [6, 6.07) is 4.20. The van der Waals surface area contributed by atoms with Gasteiger partial charge in [-0.15, -0.1) is 11.8 Å². The topological polar surface area (TPSA) is 41.8 Å². The molecule has 0 N–H and O–H groups in total. The minimum Gasteiger partial charge on any atom is -0.244 e. The van der Waals surface area contributed by atoms with Crippen LogP contribution in [0.1, 0.15) is 31.2 Å². The molecule has 1 heterocycles. The van der Waals surface area contributed by atoms with Gasteiger partial charge in [-0.3, -0.25) is 0 Å². The van der Waals surface area contributed by atoms with Crippen LogP contribution in [0.5, 0.6) is 0 Å². The zero-order valence-corrected chi connectivity index (χ0v) is 12.9. The third-order valence-corrected chi connectivity index (χ3v) is 5.21. The molecule has 1 atom stereocenters. The molecule has 0 radical (unpaired) electrons. The number of carbonyl (C=O) groups is 1. The highest BCUT2D eigenvalue weighted by molar-refractivity contribution is 8.13. The molecule has 2 aliphatic rings. The fraction of sp³-hybridized carbons (Fsp3) is 0.400. The molecule has 0 saturated heterocycles. The predicted octanol–water partition coefficient (Wildman–Crippen LogP) is 4.88. The van der Waals surface area contributed by atoms with Gasteiger partial charge in [0.05, 0.1) is 5.04 Å². The van der Waals surface area contributed by atoms with Gasteiger partial charge >= 0.3 is 6.03 Å². The van der Waals surface area contributed by atoms with E-state index in [0.29, 0.717) is 16.3 Å². The van der Waals surface area contributed by atoms with E-state index in [-0.39, 0.29) is 11.7 Å². The molecule has 1 aromatic carbocycles. The first kappa shape index (κ1) is 14.7. The van der Waals surface area contributed by atoms with Gasteiger partial charge in [-0.25, -0.2) is 14.2 Å². The molecule has 21 heavy (non-hydrogen) atoms. The normalized spacial score (nSPS) is 21.6. The molecule has 1 aliphatic heterocycles. The van der Waals surface area contributed by atoms with E-state index in [0.717, 1.165) is 36.4 Å². The Kier molecular flexibility index (Phi) is 4.40. The Hall–Kier alpha value is -1.20. The molecule has 6 heteroatoms. The maximum atomic E-state index is 13.8.